The van der Waals surface area contributed by atoms with Gasteiger partial charge in [-0.2, -0.15) is 0 Å². The first-order valence-electron chi connectivity index (χ1n) is 25.0. The second-order valence-electron chi connectivity index (χ2n) is 16.9. The molecule has 0 radical (unpaired) electrons. The quantitative estimate of drug-likeness (QED) is 0.0246. The van der Waals surface area contributed by atoms with E-state index in [1.807, 2.05) is 0 Å². The van der Waals surface area contributed by atoms with Crippen molar-refractivity contribution in [1.82, 2.24) is 5.32 Å². The highest BCUT2D eigenvalue weighted by Gasteiger charge is 2.24. The van der Waals surface area contributed by atoms with Gasteiger partial charge in [-0.25, -0.2) is 0 Å². The Morgan fingerprint density at radius 1 is 0.508 bits per heavy atom. The molecule has 59 heavy (non-hydrogen) atoms. The third kappa shape index (κ3) is 42.1. The first kappa shape index (κ1) is 56.6. The van der Waals surface area contributed by atoms with E-state index >= 15 is 0 Å². The van der Waals surface area contributed by atoms with Gasteiger partial charge >= 0.3 is 5.97 Å². The summed E-state index contributed by atoms with van der Waals surface area (Å²) in [6.45, 7) is 6.41. The monoisotopic (exact) mass is 826 g/mol. The van der Waals surface area contributed by atoms with Crippen LogP contribution in [0.1, 0.15) is 239 Å². The van der Waals surface area contributed by atoms with Gasteiger partial charge in [-0.15, -0.1) is 0 Å². The van der Waals surface area contributed by atoms with Crippen LogP contribution in [0.25, 0.3) is 0 Å². The molecule has 0 fully saturated rings. The number of unbranched alkanes of at least 4 members (excludes halogenated alkanes) is 23. The number of hydrogen-bond acceptors (Lipinski definition) is 5. The third-order valence-electron chi connectivity index (χ3n) is 11.1. The number of amides is 1. The second-order valence-corrected chi connectivity index (χ2v) is 16.9. The largest absolute Gasteiger partial charge is 0.462 e. The fourth-order valence-corrected chi connectivity index (χ4v) is 7.26. The van der Waals surface area contributed by atoms with Crippen molar-refractivity contribution in [1.29, 1.82) is 0 Å². The molecule has 3 N–H and O–H groups in total. The molecule has 0 aliphatic heterocycles. The lowest BCUT2D eigenvalue weighted by molar-refractivity contribution is -0.151. The summed E-state index contributed by atoms with van der Waals surface area (Å²) in [6.07, 6.45) is 57.1. The maximum Gasteiger partial charge on any atom is 0.306 e. The van der Waals surface area contributed by atoms with Crippen LogP contribution in [-0.2, 0) is 14.3 Å². The van der Waals surface area contributed by atoms with Crippen molar-refractivity contribution in [2.45, 2.75) is 257 Å². The summed E-state index contributed by atoms with van der Waals surface area (Å²) >= 11 is 0. The lowest BCUT2D eigenvalue weighted by Gasteiger charge is -2.24. The molecule has 0 aromatic carbocycles. The molecule has 0 bridgehead atoms. The average Bonchev–Trinajstić information content (AvgIpc) is 3.23. The maximum absolute atomic E-state index is 13.1. The molecule has 342 valence electrons. The number of carbonyl (C=O) groups is 2. The standard InChI is InChI=1S/C53H95NO5/c1-4-7-10-13-16-19-21-23-25-26-27-29-31-34-37-40-43-46-53(58)59-49(44-41-38-35-33-30-28-24-22-20-17-14-11-8-5-2)47-52(57)54-50(48-55)51(56)45-42-39-36-32-18-15-12-9-6-3/h16,19,23,25,27-30,33,35,49-51,55-56H,4-15,17-18,20-22,24,26,31-32,34,36-48H2,1-3H3,(H,54,57)/b19-16-,25-23-,29-27-,30-28+,35-33+. The maximum atomic E-state index is 13.1. The smallest absolute Gasteiger partial charge is 0.306 e. The number of hydrogen-bond donors (Lipinski definition) is 3. The lowest BCUT2D eigenvalue weighted by Crippen LogP contribution is -2.46. The predicted molar refractivity (Wildman–Crippen MR) is 255 cm³/mol. The Labute approximate surface area is 365 Å². The van der Waals surface area contributed by atoms with E-state index in [1.165, 1.54) is 109 Å². The van der Waals surface area contributed by atoms with Crippen molar-refractivity contribution in [2.24, 2.45) is 0 Å². The van der Waals surface area contributed by atoms with E-state index < -0.39 is 18.2 Å². The Balaban J connectivity index is 4.69. The van der Waals surface area contributed by atoms with Crippen LogP contribution in [0.2, 0.25) is 0 Å². The van der Waals surface area contributed by atoms with Crippen molar-refractivity contribution in [2.75, 3.05) is 6.61 Å². The summed E-state index contributed by atoms with van der Waals surface area (Å²) in [6, 6.07) is -0.720. The van der Waals surface area contributed by atoms with Crippen LogP contribution >= 0.6 is 0 Å². The molecule has 6 heteroatoms. The van der Waals surface area contributed by atoms with Crippen LogP contribution in [-0.4, -0.2) is 46.9 Å². The number of aliphatic hydroxyl groups excluding tert-OH is 2. The molecule has 0 saturated heterocycles. The Bertz CT molecular complexity index is 1060. The molecular formula is C53H95NO5. The molecular weight excluding hydrogens is 731 g/mol. The lowest BCUT2D eigenvalue weighted by atomic mass is 10.0. The summed E-state index contributed by atoms with van der Waals surface area (Å²) < 4.78 is 5.89. The first-order valence-corrected chi connectivity index (χ1v) is 25.0. The molecule has 0 rings (SSSR count). The highest BCUT2D eigenvalue weighted by Crippen LogP contribution is 2.16. The minimum atomic E-state index is -0.803. The molecule has 0 spiro atoms. The van der Waals surface area contributed by atoms with Gasteiger partial charge in [0.2, 0.25) is 5.91 Å². The van der Waals surface area contributed by atoms with E-state index in [0.717, 1.165) is 83.5 Å². The van der Waals surface area contributed by atoms with Gasteiger partial charge in [-0.1, -0.05) is 204 Å². The van der Waals surface area contributed by atoms with Crippen molar-refractivity contribution < 1.29 is 24.5 Å². The normalized spacial score (nSPS) is 13.8. The van der Waals surface area contributed by atoms with Crippen LogP contribution in [0.3, 0.4) is 0 Å². The zero-order valence-corrected chi connectivity index (χ0v) is 38.9. The number of aliphatic hydroxyl groups is 2. The molecule has 0 aromatic heterocycles. The predicted octanol–water partition coefficient (Wildman–Crippen LogP) is 14.8. The van der Waals surface area contributed by atoms with E-state index in [1.54, 1.807) is 0 Å². The number of nitrogens with one attached hydrogen (secondary N) is 1. The molecule has 1 amide bonds. The van der Waals surface area contributed by atoms with Crippen molar-refractivity contribution >= 4 is 11.9 Å². The highest BCUT2D eigenvalue weighted by atomic mass is 16.5. The summed E-state index contributed by atoms with van der Waals surface area (Å²) in [7, 11) is 0. The number of allylic oxidation sites excluding steroid dienone is 10. The second kappa shape index (κ2) is 46.6. The molecule has 0 saturated carbocycles. The SMILES string of the molecule is CCCCC/C=C\C/C=C\C/C=C\CCCCCCC(=O)OC(CCC/C=C/C=C/CCCCCCCCC)CC(=O)NC(CO)C(O)CCCCCCCCCCC. The van der Waals surface area contributed by atoms with Gasteiger partial charge < -0.3 is 20.3 Å². The van der Waals surface area contributed by atoms with Crippen LogP contribution in [0.4, 0.5) is 0 Å². The summed E-state index contributed by atoms with van der Waals surface area (Å²) in [5.41, 5.74) is 0. The zero-order valence-electron chi connectivity index (χ0n) is 38.9. The van der Waals surface area contributed by atoms with Gasteiger partial charge in [0.05, 0.1) is 25.2 Å². The van der Waals surface area contributed by atoms with Gasteiger partial charge in [-0.3, -0.25) is 9.59 Å². The van der Waals surface area contributed by atoms with Crippen LogP contribution in [0.15, 0.2) is 60.8 Å². The number of esters is 1. The fraction of sp³-hybridized carbons (Fsp3) is 0.774. The Hall–Kier alpha value is -2.44. The minimum Gasteiger partial charge on any atom is -0.462 e. The molecule has 0 aromatic rings. The van der Waals surface area contributed by atoms with Gasteiger partial charge in [0.25, 0.3) is 0 Å². The van der Waals surface area contributed by atoms with Crippen LogP contribution in [0, 0.1) is 0 Å². The van der Waals surface area contributed by atoms with Gasteiger partial charge in [0.15, 0.2) is 0 Å². The van der Waals surface area contributed by atoms with Gasteiger partial charge in [-0.05, 0) is 83.5 Å². The Morgan fingerprint density at radius 2 is 0.932 bits per heavy atom. The minimum absolute atomic E-state index is 0.0341. The first-order chi connectivity index (χ1) is 29.0. The summed E-state index contributed by atoms with van der Waals surface area (Å²) in [5, 5.41) is 23.6. The Morgan fingerprint density at radius 3 is 1.47 bits per heavy atom. The zero-order chi connectivity index (χ0) is 43.1. The van der Waals surface area contributed by atoms with E-state index in [4.69, 9.17) is 4.74 Å². The van der Waals surface area contributed by atoms with Gasteiger partial charge in [0.1, 0.15) is 6.10 Å². The van der Waals surface area contributed by atoms with Crippen molar-refractivity contribution in [3.8, 4) is 0 Å². The number of carbonyl (C=O) groups excluding carboxylic acids is 2. The molecule has 0 aliphatic rings. The molecule has 3 unspecified atom stereocenters. The van der Waals surface area contributed by atoms with E-state index in [-0.39, 0.29) is 24.9 Å². The third-order valence-corrected chi connectivity index (χ3v) is 11.1. The topological polar surface area (TPSA) is 95.9 Å². The van der Waals surface area contributed by atoms with Gasteiger partial charge in [0, 0.05) is 6.42 Å². The molecule has 6 nitrogen and oxygen atoms in total. The molecule has 0 heterocycles. The highest BCUT2D eigenvalue weighted by molar-refractivity contribution is 5.77. The summed E-state index contributed by atoms with van der Waals surface area (Å²) in [5.74, 6) is -0.548. The average molecular weight is 826 g/mol. The summed E-state index contributed by atoms with van der Waals surface area (Å²) in [4.78, 5) is 26.1. The molecule has 0 aliphatic carbocycles. The fourth-order valence-electron chi connectivity index (χ4n) is 7.26. The van der Waals surface area contributed by atoms with Crippen molar-refractivity contribution in [3.05, 3.63) is 60.8 Å². The van der Waals surface area contributed by atoms with E-state index in [9.17, 15) is 19.8 Å². The van der Waals surface area contributed by atoms with E-state index in [2.05, 4.69) is 86.8 Å². The van der Waals surface area contributed by atoms with Crippen molar-refractivity contribution in [3.63, 3.8) is 0 Å². The van der Waals surface area contributed by atoms with Crippen LogP contribution < -0.4 is 5.32 Å². The Kier molecular flexibility index (Phi) is 44.7. The number of ether oxygens (including phenoxy) is 1. The van der Waals surface area contributed by atoms with E-state index in [0.29, 0.717) is 19.3 Å². The van der Waals surface area contributed by atoms with Crippen LogP contribution in [0.5, 0.6) is 0 Å². The molecule has 3 atom stereocenters. The number of rotatable bonds is 44.